The van der Waals surface area contributed by atoms with Gasteiger partial charge in [0, 0.05) is 13.2 Å². The second-order valence-corrected chi connectivity index (χ2v) is 5.90. The van der Waals surface area contributed by atoms with Gasteiger partial charge in [0.15, 0.2) is 0 Å². The van der Waals surface area contributed by atoms with Crippen LogP contribution < -0.4 is 5.32 Å². The van der Waals surface area contributed by atoms with E-state index in [-0.39, 0.29) is 0 Å². The molecule has 2 atom stereocenters. The second-order valence-electron chi connectivity index (χ2n) is 5.90. The van der Waals surface area contributed by atoms with Crippen molar-refractivity contribution in [1.29, 1.82) is 0 Å². The smallest absolute Gasteiger partial charge is 0.0468 e. The van der Waals surface area contributed by atoms with E-state index in [0.29, 0.717) is 0 Å². The summed E-state index contributed by atoms with van der Waals surface area (Å²) in [5, 5.41) is 3.56. The van der Waals surface area contributed by atoms with Crippen LogP contribution >= 0.6 is 0 Å². The minimum Gasteiger partial charge on any atom is -0.381 e. The number of ether oxygens (including phenoxy) is 1. The van der Waals surface area contributed by atoms with Crippen LogP contribution in [0, 0.1) is 17.8 Å². The van der Waals surface area contributed by atoms with Crippen molar-refractivity contribution >= 4 is 0 Å². The third-order valence-electron chi connectivity index (χ3n) is 4.70. The Morgan fingerprint density at radius 2 is 1.71 bits per heavy atom. The van der Waals surface area contributed by atoms with Crippen molar-refractivity contribution in [3.05, 3.63) is 0 Å². The monoisotopic (exact) mass is 239 g/mol. The van der Waals surface area contributed by atoms with E-state index in [1.807, 2.05) is 0 Å². The Bertz CT molecular complexity index is 201. The Morgan fingerprint density at radius 1 is 1.00 bits per heavy atom. The van der Waals surface area contributed by atoms with E-state index in [4.69, 9.17) is 4.74 Å². The molecule has 1 aliphatic heterocycles. The lowest BCUT2D eigenvalue weighted by atomic mass is 9.73. The van der Waals surface area contributed by atoms with E-state index in [1.54, 1.807) is 0 Å². The topological polar surface area (TPSA) is 21.3 Å². The predicted molar refractivity (Wildman–Crippen MR) is 72.2 cm³/mol. The minimum absolute atomic E-state index is 0.951. The Kier molecular flexibility index (Phi) is 5.79. The summed E-state index contributed by atoms with van der Waals surface area (Å²) in [5.74, 6) is 2.90. The lowest BCUT2D eigenvalue weighted by Gasteiger charge is -2.35. The molecule has 0 bridgehead atoms. The SMILES string of the molecule is CCNCC1CCCCC1CC1CCOCC1. The number of nitrogens with one attached hydrogen (secondary N) is 1. The summed E-state index contributed by atoms with van der Waals surface area (Å²) >= 11 is 0. The Hall–Kier alpha value is -0.0800. The Balaban J connectivity index is 1.78. The van der Waals surface area contributed by atoms with E-state index < -0.39 is 0 Å². The fourth-order valence-electron chi connectivity index (χ4n) is 3.60. The molecule has 0 radical (unpaired) electrons. The van der Waals surface area contributed by atoms with Crippen LogP contribution in [0.4, 0.5) is 0 Å². The van der Waals surface area contributed by atoms with Gasteiger partial charge in [-0.15, -0.1) is 0 Å². The van der Waals surface area contributed by atoms with Gasteiger partial charge in [-0.3, -0.25) is 0 Å². The molecule has 17 heavy (non-hydrogen) atoms. The molecule has 0 amide bonds. The van der Waals surface area contributed by atoms with Crippen molar-refractivity contribution in [2.75, 3.05) is 26.3 Å². The minimum atomic E-state index is 0.951. The highest BCUT2D eigenvalue weighted by Crippen LogP contribution is 2.36. The highest BCUT2D eigenvalue weighted by Gasteiger charge is 2.27. The summed E-state index contributed by atoms with van der Waals surface area (Å²) in [6.45, 7) is 6.62. The Labute approximate surface area is 107 Å². The maximum absolute atomic E-state index is 5.47. The first-order valence-electron chi connectivity index (χ1n) is 7.68. The van der Waals surface area contributed by atoms with Gasteiger partial charge in [-0.2, -0.15) is 0 Å². The second kappa shape index (κ2) is 7.38. The van der Waals surface area contributed by atoms with Crippen molar-refractivity contribution in [3.63, 3.8) is 0 Å². The van der Waals surface area contributed by atoms with E-state index in [0.717, 1.165) is 37.5 Å². The molecule has 100 valence electrons. The molecule has 2 rings (SSSR count). The molecule has 1 heterocycles. The third-order valence-corrected chi connectivity index (χ3v) is 4.70. The molecule has 0 aromatic heterocycles. The first kappa shape index (κ1) is 13.4. The Morgan fingerprint density at radius 3 is 2.41 bits per heavy atom. The molecule has 0 aromatic carbocycles. The molecule has 1 saturated carbocycles. The molecule has 1 aliphatic carbocycles. The van der Waals surface area contributed by atoms with Crippen LogP contribution in [0.25, 0.3) is 0 Å². The van der Waals surface area contributed by atoms with Crippen LogP contribution in [0.5, 0.6) is 0 Å². The van der Waals surface area contributed by atoms with Gasteiger partial charge in [-0.1, -0.05) is 26.2 Å². The molecule has 0 aromatic rings. The molecule has 2 heteroatoms. The molecule has 1 saturated heterocycles. The van der Waals surface area contributed by atoms with Gasteiger partial charge >= 0.3 is 0 Å². The van der Waals surface area contributed by atoms with Crippen LogP contribution in [-0.4, -0.2) is 26.3 Å². The lowest BCUT2D eigenvalue weighted by Crippen LogP contribution is -2.32. The molecular weight excluding hydrogens is 210 g/mol. The first-order valence-corrected chi connectivity index (χ1v) is 7.68. The van der Waals surface area contributed by atoms with E-state index in [9.17, 15) is 0 Å². The fraction of sp³-hybridized carbons (Fsp3) is 1.00. The zero-order valence-corrected chi connectivity index (χ0v) is 11.4. The van der Waals surface area contributed by atoms with Gasteiger partial charge in [-0.25, -0.2) is 0 Å². The number of rotatable bonds is 5. The fourth-order valence-corrected chi connectivity index (χ4v) is 3.60. The standard InChI is InChI=1S/C15H29NO/c1-2-16-12-15-6-4-3-5-14(15)11-13-7-9-17-10-8-13/h13-16H,2-12H2,1H3. The molecular formula is C15H29NO. The maximum atomic E-state index is 5.47. The van der Waals surface area contributed by atoms with E-state index >= 15 is 0 Å². The van der Waals surface area contributed by atoms with Crippen LogP contribution in [0.15, 0.2) is 0 Å². The average molecular weight is 239 g/mol. The largest absolute Gasteiger partial charge is 0.381 e. The molecule has 0 spiro atoms. The molecule has 2 aliphatic rings. The summed E-state index contributed by atoms with van der Waals surface area (Å²) in [6, 6.07) is 0. The van der Waals surface area contributed by atoms with Gasteiger partial charge in [-0.05, 0) is 56.5 Å². The first-order chi connectivity index (χ1) is 8.40. The van der Waals surface area contributed by atoms with E-state index in [2.05, 4.69) is 12.2 Å². The summed E-state index contributed by atoms with van der Waals surface area (Å²) in [4.78, 5) is 0. The van der Waals surface area contributed by atoms with Crippen LogP contribution in [-0.2, 0) is 4.74 Å². The maximum Gasteiger partial charge on any atom is 0.0468 e. The van der Waals surface area contributed by atoms with Crippen molar-refractivity contribution in [3.8, 4) is 0 Å². The highest BCUT2D eigenvalue weighted by atomic mass is 16.5. The van der Waals surface area contributed by atoms with Crippen LogP contribution in [0.1, 0.15) is 51.9 Å². The van der Waals surface area contributed by atoms with Crippen molar-refractivity contribution in [2.45, 2.75) is 51.9 Å². The van der Waals surface area contributed by atoms with Crippen molar-refractivity contribution in [1.82, 2.24) is 5.32 Å². The third kappa shape index (κ3) is 4.26. The summed E-state index contributed by atoms with van der Waals surface area (Å²) < 4.78 is 5.47. The van der Waals surface area contributed by atoms with E-state index in [1.165, 1.54) is 51.5 Å². The van der Waals surface area contributed by atoms with Crippen LogP contribution in [0.2, 0.25) is 0 Å². The molecule has 2 nitrogen and oxygen atoms in total. The highest BCUT2D eigenvalue weighted by molar-refractivity contribution is 4.80. The summed E-state index contributed by atoms with van der Waals surface area (Å²) in [6.07, 6.45) is 9.96. The lowest BCUT2D eigenvalue weighted by molar-refractivity contribution is 0.0506. The quantitative estimate of drug-likeness (QED) is 0.795. The summed E-state index contributed by atoms with van der Waals surface area (Å²) in [7, 11) is 0. The van der Waals surface area contributed by atoms with Gasteiger partial charge in [0.2, 0.25) is 0 Å². The predicted octanol–water partition coefficient (Wildman–Crippen LogP) is 3.22. The number of hydrogen-bond donors (Lipinski definition) is 1. The summed E-state index contributed by atoms with van der Waals surface area (Å²) in [5.41, 5.74) is 0. The van der Waals surface area contributed by atoms with Gasteiger partial charge in [0.1, 0.15) is 0 Å². The normalized spacial score (nSPS) is 31.6. The molecule has 2 fully saturated rings. The van der Waals surface area contributed by atoms with Crippen LogP contribution in [0.3, 0.4) is 0 Å². The van der Waals surface area contributed by atoms with Gasteiger partial charge < -0.3 is 10.1 Å². The molecule has 1 N–H and O–H groups in total. The van der Waals surface area contributed by atoms with Crippen molar-refractivity contribution in [2.24, 2.45) is 17.8 Å². The number of hydrogen-bond acceptors (Lipinski definition) is 2. The zero-order chi connectivity index (χ0) is 11.9. The van der Waals surface area contributed by atoms with Gasteiger partial charge in [0.05, 0.1) is 0 Å². The zero-order valence-electron chi connectivity index (χ0n) is 11.4. The average Bonchev–Trinajstić information content (AvgIpc) is 2.39. The van der Waals surface area contributed by atoms with Crippen molar-refractivity contribution < 1.29 is 4.74 Å². The molecule has 2 unspecified atom stereocenters. The van der Waals surface area contributed by atoms with Gasteiger partial charge in [0.25, 0.3) is 0 Å².